The summed E-state index contributed by atoms with van der Waals surface area (Å²) in [6, 6.07) is 11.3. The van der Waals surface area contributed by atoms with Gasteiger partial charge in [-0.15, -0.1) is 0 Å². The van der Waals surface area contributed by atoms with Crippen molar-refractivity contribution in [2.45, 2.75) is 6.54 Å². The highest BCUT2D eigenvalue weighted by atomic mass is 35.5. The summed E-state index contributed by atoms with van der Waals surface area (Å²) in [4.78, 5) is 0. The third-order valence-electron chi connectivity index (χ3n) is 2.75. The van der Waals surface area contributed by atoms with Gasteiger partial charge in [-0.05, 0) is 41.0 Å². The quantitative estimate of drug-likeness (QED) is 0.918. The number of halogens is 2. The van der Waals surface area contributed by atoms with Crippen LogP contribution in [0.15, 0.2) is 36.4 Å². The maximum absolute atomic E-state index is 6.16. The molecule has 0 heterocycles. The molecule has 2 N–H and O–H groups in total. The zero-order valence-electron chi connectivity index (χ0n) is 9.91. The fourth-order valence-corrected chi connectivity index (χ4v) is 2.43. The molecule has 0 radical (unpaired) electrons. The van der Waals surface area contributed by atoms with E-state index in [1.54, 1.807) is 13.2 Å². The summed E-state index contributed by atoms with van der Waals surface area (Å²) in [6.07, 6.45) is 0. The number of hydrogen-bond acceptors (Lipinski definition) is 2. The number of methoxy groups -OCH3 is 1. The predicted octanol–water partition coefficient (Wildman–Crippen LogP) is 4.13. The largest absolute Gasteiger partial charge is 0.497 e. The summed E-state index contributed by atoms with van der Waals surface area (Å²) in [7, 11) is 1.63. The van der Waals surface area contributed by atoms with Crippen LogP contribution in [-0.4, -0.2) is 7.11 Å². The molecule has 2 nitrogen and oxygen atoms in total. The van der Waals surface area contributed by atoms with E-state index in [0.29, 0.717) is 16.6 Å². The highest BCUT2D eigenvalue weighted by molar-refractivity contribution is 6.35. The second-order valence-corrected chi connectivity index (χ2v) is 4.69. The number of nitrogens with two attached hydrogens (primary N) is 1. The summed E-state index contributed by atoms with van der Waals surface area (Å²) in [5, 5.41) is 1.18. The molecule has 0 fully saturated rings. The van der Waals surface area contributed by atoms with Gasteiger partial charge < -0.3 is 10.5 Å². The average Bonchev–Trinajstić information content (AvgIpc) is 2.38. The molecule has 0 amide bonds. The van der Waals surface area contributed by atoms with Gasteiger partial charge in [0.1, 0.15) is 5.75 Å². The van der Waals surface area contributed by atoms with Gasteiger partial charge in [-0.2, -0.15) is 0 Å². The van der Waals surface area contributed by atoms with Crippen LogP contribution in [0.1, 0.15) is 5.56 Å². The zero-order chi connectivity index (χ0) is 13.1. The van der Waals surface area contributed by atoms with Gasteiger partial charge in [0, 0.05) is 16.6 Å². The molecule has 18 heavy (non-hydrogen) atoms. The molecule has 0 saturated heterocycles. The van der Waals surface area contributed by atoms with E-state index in [1.807, 2.05) is 30.3 Å². The van der Waals surface area contributed by atoms with E-state index < -0.39 is 0 Å². The predicted molar refractivity (Wildman–Crippen MR) is 76.3 cm³/mol. The molecular formula is C14H13Cl2NO. The first-order chi connectivity index (χ1) is 8.65. The summed E-state index contributed by atoms with van der Waals surface area (Å²) in [5.74, 6) is 0.784. The molecule has 0 aliphatic carbocycles. The summed E-state index contributed by atoms with van der Waals surface area (Å²) < 4.78 is 5.21. The van der Waals surface area contributed by atoms with E-state index in [2.05, 4.69) is 0 Å². The summed E-state index contributed by atoms with van der Waals surface area (Å²) >= 11 is 12.2. The van der Waals surface area contributed by atoms with E-state index in [-0.39, 0.29) is 0 Å². The van der Waals surface area contributed by atoms with E-state index in [4.69, 9.17) is 33.7 Å². The minimum atomic E-state index is 0.364. The van der Waals surface area contributed by atoms with Crippen molar-refractivity contribution in [2.75, 3.05) is 7.11 Å². The van der Waals surface area contributed by atoms with Crippen molar-refractivity contribution >= 4 is 23.2 Å². The third kappa shape index (κ3) is 2.61. The van der Waals surface area contributed by atoms with E-state index in [0.717, 1.165) is 22.4 Å². The number of ether oxygens (including phenoxy) is 1. The highest BCUT2D eigenvalue weighted by Gasteiger charge is 2.10. The third-order valence-corrected chi connectivity index (χ3v) is 3.30. The number of rotatable bonds is 3. The first-order valence-electron chi connectivity index (χ1n) is 5.48. The SMILES string of the molecule is COc1cccc(-c2cc(Cl)cc(Cl)c2CN)c1. The van der Waals surface area contributed by atoms with E-state index in [1.165, 1.54) is 0 Å². The van der Waals surface area contributed by atoms with Crippen molar-refractivity contribution in [3.05, 3.63) is 52.0 Å². The van der Waals surface area contributed by atoms with Gasteiger partial charge in [-0.1, -0.05) is 35.3 Å². The van der Waals surface area contributed by atoms with Crippen molar-refractivity contribution in [3.8, 4) is 16.9 Å². The van der Waals surface area contributed by atoms with Crippen molar-refractivity contribution < 1.29 is 4.74 Å². The van der Waals surface area contributed by atoms with Crippen LogP contribution in [-0.2, 0) is 6.54 Å². The van der Waals surface area contributed by atoms with Crippen molar-refractivity contribution in [1.82, 2.24) is 0 Å². The average molecular weight is 282 g/mol. The van der Waals surface area contributed by atoms with Gasteiger partial charge in [0.2, 0.25) is 0 Å². The molecule has 0 atom stereocenters. The van der Waals surface area contributed by atoms with Crippen LogP contribution in [0.2, 0.25) is 10.0 Å². The van der Waals surface area contributed by atoms with Crippen molar-refractivity contribution in [1.29, 1.82) is 0 Å². The Labute approximate surface area is 116 Å². The molecule has 94 valence electrons. The Bertz CT molecular complexity index is 570. The van der Waals surface area contributed by atoms with E-state index >= 15 is 0 Å². The Balaban J connectivity index is 2.61. The maximum Gasteiger partial charge on any atom is 0.119 e. The fraction of sp³-hybridized carbons (Fsp3) is 0.143. The highest BCUT2D eigenvalue weighted by Crippen LogP contribution is 2.33. The summed E-state index contributed by atoms with van der Waals surface area (Å²) in [6.45, 7) is 0.364. The van der Waals surface area contributed by atoms with Crippen molar-refractivity contribution in [2.24, 2.45) is 5.73 Å². The molecule has 0 bridgehead atoms. The van der Waals surface area contributed by atoms with Gasteiger partial charge in [0.25, 0.3) is 0 Å². The van der Waals surface area contributed by atoms with Crippen LogP contribution in [0, 0.1) is 0 Å². The van der Waals surface area contributed by atoms with Crippen LogP contribution >= 0.6 is 23.2 Å². The first kappa shape index (κ1) is 13.2. The van der Waals surface area contributed by atoms with Gasteiger partial charge in [0.15, 0.2) is 0 Å². The Morgan fingerprint density at radius 1 is 1.17 bits per heavy atom. The molecule has 2 aromatic rings. The van der Waals surface area contributed by atoms with E-state index in [9.17, 15) is 0 Å². The second-order valence-electron chi connectivity index (χ2n) is 3.85. The van der Waals surface area contributed by atoms with Crippen molar-refractivity contribution in [3.63, 3.8) is 0 Å². The molecule has 0 unspecified atom stereocenters. The molecule has 0 saturated carbocycles. The first-order valence-corrected chi connectivity index (χ1v) is 6.23. The van der Waals surface area contributed by atoms with Crippen LogP contribution in [0.5, 0.6) is 5.75 Å². The summed E-state index contributed by atoms with van der Waals surface area (Å²) in [5.41, 5.74) is 8.56. The smallest absolute Gasteiger partial charge is 0.119 e. The lowest BCUT2D eigenvalue weighted by atomic mass is 9.99. The zero-order valence-corrected chi connectivity index (χ0v) is 11.4. The fourth-order valence-electron chi connectivity index (χ4n) is 1.86. The Morgan fingerprint density at radius 3 is 2.61 bits per heavy atom. The van der Waals surface area contributed by atoms with Crippen LogP contribution in [0.3, 0.4) is 0 Å². The van der Waals surface area contributed by atoms with Gasteiger partial charge in [0.05, 0.1) is 7.11 Å². The lowest BCUT2D eigenvalue weighted by molar-refractivity contribution is 0.415. The second kappa shape index (κ2) is 5.61. The molecular weight excluding hydrogens is 269 g/mol. The minimum Gasteiger partial charge on any atom is -0.497 e. The monoisotopic (exact) mass is 281 g/mol. The molecule has 0 spiro atoms. The topological polar surface area (TPSA) is 35.2 Å². The normalized spacial score (nSPS) is 10.4. The van der Waals surface area contributed by atoms with Crippen LogP contribution in [0.25, 0.3) is 11.1 Å². The maximum atomic E-state index is 6.16. The van der Waals surface area contributed by atoms with Gasteiger partial charge in [-0.3, -0.25) is 0 Å². The molecule has 2 aromatic carbocycles. The molecule has 0 aromatic heterocycles. The molecule has 0 aliphatic rings. The Kier molecular flexibility index (Phi) is 4.12. The minimum absolute atomic E-state index is 0.364. The van der Waals surface area contributed by atoms with Crippen LogP contribution < -0.4 is 10.5 Å². The lowest BCUT2D eigenvalue weighted by Crippen LogP contribution is -2.00. The van der Waals surface area contributed by atoms with Gasteiger partial charge >= 0.3 is 0 Å². The standard InChI is InChI=1S/C14H13Cl2NO/c1-18-11-4-2-3-9(5-11)12-6-10(15)7-14(16)13(12)8-17/h2-7H,8,17H2,1H3. The lowest BCUT2D eigenvalue weighted by Gasteiger charge is -2.12. The Morgan fingerprint density at radius 2 is 1.94 bits per heavy atom. The van der Waals surface area contributed by atoms with Crippen LogP contribution in [0.4, 0.5) is 0 Å². The molecule has 0 aliphatic heterocycles. The number of hydrogen-bond donors (Lipinski definition) is 1. The Hall–Kier alpha value is -1.22. The molecule has 2 rings (SSSR count). The van der Waals surface area contributed by atoms with Gasteiger partial charge in [-0.25, -0.2) is 0 Å². The number of benzene rings is 2. The molecule has 4 heteroatoms.